The largest absolute Gasteiger partial charge is 0.494 e. The van der Waals surface area contributed by atoms with Gasteiger partial charge in [0.05, 0.1) is 31.6 Å². The molecule has 2 aromatic heterocycles. The molecule has 0 radical (unpaired) electrons. The minimum absolute atomic E-state index is 0.0816. The number of nitrogens with one attached hydrogen (secondary N) is 1. The zero-order valence-electron chi connectivity index (χ0n) is 28.5. The predicted molar refractivity (Wildman–Crippen MR) is 187 cm³/mol. The molecule has 3 saturated heterocycles. The molecule has 2 aromatic carbocycles. The molecule has 0 unspecified atom stereocenters. The summed E-state index contributed by atoms with van der Waals surface area (Å²) in [5.74, 6) is 2.08. The van der Waals surface area contributed by atoms with E-state index in [1.165, 1.54) is 5.56 Å². The van der Waals surface area contributed by atoms with Gasteiger partial charge in [-0.2, -0.15) is 5.10 Å². The Labute approximate surface area is 282 Å². The molecular formula is C37H47FN8O2. The van der Waals surface area contributed by atoms with Crippen LogP contribution >= 0.6 is 0 Å². The molecule has 5 heterocycles. The van der Waals surface area contributed by atoms with E-state index in [2.05, 4.69) is 72.8 Å². The first kappa shape index (κ1) is 32.3. The van der Waals surface area contributed by atoms with Crippen LogP contribution in [0.3, 0.4) is 0 Å². The van der Waals surface area contributed by atoms with Crippen molar-refractivity contribution in [1.82, 2.24) is 24.6 Å². The van der Waals surface area contributed by atoms with E-state index in [1.807, 2.05) is 49.0 Å². The topological polar surface area (TPSA) is 83.8 Å². The molecule has 7 rings (SSSR count). The Kier molecular flexibility index (Phi) is 9.00. The molecule has 1 atom stereocenters. The van der Waals surface area contributed by atoms with Crippen LogP contribution in [-0.2, 0) is 11.9 Å². The van der Waals surface area contributed by atoms with Crippen molar-refractivity contribution in [2.75, 3.05) is 61.9 Å². The van der Waals surface area contributed by atoms with Crippen LogP contribution in [0.1, 0.15) is 57.6 Å². The fourth-order valence-corrected chi connectivity index (χ4v) is 7.63. The summed E-state index contributed by atoms with van der Waals surface area (Å²) >= 11 is 0. The average Bonchev–Trinajstić information content (AvgIpc) is 3.79. The van der Waals surface area contributed by atoms with Crippen LogP contribution in [0.25, 0.3) is 11.1 Å². The van der Waals surface area contributed by atoms with Crippen molar-refractivity contribution in [1.29, 1.82) is 0 Å². The third-order valence-electron chi connectivity index (χ3n) is 10.7. The number of hydrogen-bond acceptors (Lipinski definition) is 9. The highest BCUT2D eigenvalue weighted by Gasteiger charge is 2.41. The fraction of sp³-hybridized carbons (Fsp3) is 0.486. The number of hydroxylamine groups is 1. The Hall–Kier alpha value is -4.22. The van der Waals surface area contributed by atoms with Crippen molar-refractivity contribution in [3.63, 3.8) is 0 Å². The number of alkyl halides is 1. The van der Waals surface area contributed by atoms with Crippen LogP contribution in [-0.4, -0.2) is 76.8 Å². The van der Waals surface area contributed by atoms with Crippen molar-refractivity contribution < 1.29 is 14.0 Å². The molecule has 48 heavy (non-hydrogen) atoms. The van der Waals surface area contributed by atoms with Gasteiger partial charge < -0.3 is 15.0 Å². The van der Waals surface area contributed by atoms with Crippen molar-refractivity contribution in [3.8, 4) is 16.9 Å². The van der Waals surface area contributed by atoms with E-state index in [1.54, 1.807) is 13.4 Å². The molecule has 1 spiro atoms. The highest BCUT2D eigenvalue weighted by atomic mass is 19.1. The van der Waals surface area contributed by atoms with Gasteiger partial charge in [0, 0.05) is 67.2 Å². The number of piperidine rings is 2. The molecule has 0 bridgehead atoms. The lowest BCUT2D eigenvalue weighted by Crippen LogP contribution is -2.53. The summed E-state index contributed by atoms with van der Waals surface area (Å²) in [6.07, 6.45) is 10.9. The molecule has 0 amide bonds. The standard InChI is InChI=1S/C37H47FN8O2/c1-36(2,25-38)45-17-13-37(14-18-45)11-15-44(16-12-37)32-21-33(47-4)30(20-29(32)28-23-41-43(3)24-28)42-34-22-35(40-26-39-34)46-31(10-19-48-46)27-8-6-5-7-9-27/h5-9,20-24,26,31H,10-19,25H2,1-4H3,(H,39,40,42)/t31-/m1/s1. The predicted octanol–water partition coefficient (Wildman–Crippen LogP) is 6.94. The number of rotatable bonds is 9. The minimum Gasteiger partial charge on any atom is -0.494 e. The number of anilines is 4. The zero-order chi connectivity index (χ0) is 33.3. The SMILES string of the molecule is COc1cc(N2CCC3(CC2)CCN(C(C)(C)CF)CC3)c(-c2cnn(C)c2)cc1Nc1cc(N2OCC[C@@H]2c2ccccc2)ncn1. The average molecular weight is 655 g/mol. The smallest absolute Gasteiger partial charge is 0.158 e. The van der Waals surface area contributed by atoms with Gasteiger partial charge in [-0.25, -0.2) is 19.4 Å². The summed E-state index contributed by atoms with van der Waals surface area (Å²) in [7, 11) is 3.65. The van der Waals surface area contributed by atoms with E-state index >= 15 is 0 Å². The third kappa shape index (κ3) is 6.45. The zero-order valence-corrected chi connectivity index (χ0v) is 28.5. The number of benzene rings is 2. The van der Waals surface area contributed by atoms with Crippen LogP contribution < -0.4 is 20.0 Å². The fourth-order valence-electron chi connectivity index (χ4n) is 7.63. The van der Waals surface area contributed by atoms with E-state index in [0.717, 1.165) is 86.5 Å². The van der Waals surface area contributed by atoms with Crippen molar-refractivity contribution in [2.24, 2.45) is 12.5 Å². The van der Waals surface area contributed by atoms with Gasteiger partial charge in [-0.05, 0) is 69.7 Å². The summed E-state index contributed by atoms with van der Waals surface area (Å²) in [4.78, 5) is 20.0. The number of ether oxygens (including phenoxy) is 1. The van der Waals surface area contributed by atoms with Crippen molar-refractivity contribution in [2.45, 2.75) is 57.5 Å². The lowest BCUT2D eigenvalue weighted by Gasteiger charge is -2.50. The second-order valence-electron chi connectivity index (χ2n) is 14.2. The minimum atomic E-state index is -0.382. The Morgan fingerprint density at radius 2 is 1.77 bits per heavy atom. The first-order valence-electron chi connectivity index (χ1n) is 17.1. The lowest BCUT2D eigenvalue weighted by molar-refractivity contribution is 0.0112. The third-order valence-corrected chi connectivity index (χ3v) is 10.7. The number of nitrogens with zero attached hydrogens (tertiary/aromatic N) is 7. The van der Waals surface area contributed by atoms with Gasteiger partial charge in [-0.3, -0.25) is 14.4 Å². The molecule has 0 aliphatic carbocycles. The second-order valence-corrected chi connectivity index (χ2v) is 14.2. The summed E-state index contributed by atoms with van der Waals surface area (Å²) < 4.78 is 21.5. The number of methoxy groups -OCH3 is 1. The maximum Gasteiger partial charge on any atom is 0.158 e. The van der Waals surface area contributed by atoms with Crippen molar-refractivity contribution >= 4 is 23.0 Å². The normalized spacial score (nSPS) is 20.0. The van der Waals surface area contributed by atoms with E-state index in [0.29, 0.717) is 23.7 Å². The van der Waals surface area contributed by atoms with Gasteiger partial charge in [-0.15, -0.1) is 0 Å². The van der Waals surface area contributed by atoms with Crippen LogP contribution in [0.2, 0.25) is 0 Å². The van der Waals surface area contributed by atoms with Gasteiger partial charge in [0.25, 0.3) is 0 Å². The quantitative estimate of drug-likeness (QED) is 0.206. The van der Waals surface area contributed by atoms with Crippen LogP contribution in [0.5, 0.6) is 5.75 Å². The van der Waals surface area contributed by atoms with Crippen LogP contribution in [0.15, 0.2) is 67.3 Å². The molecule has 3 fully saturated rings. The molecule has 11 heteroatoms. The van der Waals surface area contributed by atoms with E-state index < -0.39 is 0 Å². The maximum absolute atomic E-state index is 13.7. The Balaban J connectivity index is 1.13. The van der Waals surface area contributed by atoms with Crippen LogP contribution in [0.4, 0.5) is 27.4 Å². The summed E-state index contributed by atoms with van der Waals surface area (Å²) in [5.41, 5.74) is 5.20. The highest BCUT2D eigenvalue weighted by molar-refractivity contribution is 5.85. The number of halogens is 1. The summed E-state index contributed by atoms with van der Waals surface area (Å²) in [6, 6.07) is 16.7. The Morgan fingerprint density at radius 1 is 1.02 bits per heavy atom. The summed E-state index contributed by atoms with van der Waals surface area (Å²) in [5, 5.41) is 9.91. The van der Waals surface area contributed by atoms with Gasteiger partial charge in [0.1, 0.15) is 24.6 Å². The molecule has 254 valence electrons. The molecule has 1 N–H and O–H groups in total. The highest BCUT2D eigenvalue weighted by Crippen LogP contribution is 2.47. The number of hydrogen-bond donors (Lipinski definition) is 1. The molecule has 0 saturated carbocycles. The Morgan fingerprint density at radius 3 is 2.46 bits per heavy atom. The monoisotopic (exact) mass is 654 g/mol. The lowest BCUT2D eigenvalue weighted by atomic mass is 9.70. The molecule has 3 aliphatic rings. The van der Waals surface area contributed by atoms with Crippen LogP contribution in [0, 0.1) is 5.41 Å². The second kappa shape index (κ2) is 13.4. The van der Waals surface area contributed by atoms with Crippen molar-refractivity contribution in [3.05, 3.63) is 72.8 Å². The molecular weight excluding hydrogens is 607 g/mol. The number of aromatic nitrogens is 4. The summed E-state index contributed by atoms with van der Waals surface area (Å²) in [6.45, 7) is 8.22. The van der Waals surface area contributed by atoms with Gasteiger partial charge >= 0.3 is 0 Å². The molecule has 3 aliphatic heterocycles. The van der Waals surface area contributed by atoms with E-state index in [4.69, 9.17) is 9.57 Å². The van der Waals surface area contributed by atoms with E-state index in [-0.39, 0.29) is 18.3 Å². The van der Waals surface area contributed by atoms with E-state index in [9.17, 15) is 4.39 Å². The number of likely N-dealkylation sites (tertiary alicyclic amines) is 1. The maximum atomic E-state index is 13.7. The van der Waals surface area contributed by atoms with Gasteiger partial charge in [0.15, 0.2) is 5.82 Å². The molecule has 4 aromatic rings. The van der Waals surface area contributed by atoms with Gasteiger partial charge in [0.2, 0.25) is 0 Å². The number of aryl methyl sites for hydroxylation is 1. The molecule has 10 nitrogen and oxygen atoms in total. The van der Waals surface area contributed by atoms with Gasteiger partial charge in [-0.1, -0.05) is 30.3 Å². The first-order chi connectivity index (χ1) is 23.3. The Bertz CT molecular complexity index is 1690. The first-order valence-corrected chi connectivity index (χ1v) is 17.1.